The van der Waals surface area contributed by atoms with Gasteiger partial charge in [-0.25, -0.2) is 15.0 Å². The van der Waals surface area contributed by atoms with Gasteiger partial charge in [0, 0.05) is 25.1 Å². The van der Waals surface area contributed by atoms with Crippen LogP contribution in [0.2, 0.25) is 5.02 Å². The number of halogens is 1. The van der Waals surface area contributed by atoms with E-state index in [2.05, 4.69) is 20.3 Å². The highest BCUT2D eigenvalue weighted by Gasteiger charge is 2.09. The third-order valence-corrected chi connectivity index (χ3v) is 3.74. The van der Waals surface area contributed by atoms with Gasteiger partial charge < -0.3 is 9.72 Å². The summed E-state index contributed by atoms with van der Waals surface area (Å²) in [5.74, 6) is 0.814. The fourth-order valence-electron chi connectivity index (χ4n) is 1.76. The second kappa shape index (κ2) is 5.68. The van der Waals surface area contributed by atoms with Crippen LogP contribution in [0.3, 0.4) is 0 Å². The molecule has 0 aliphatic heterocycles. The molecule has 0 aliphatic rings. The first kappa shape index (κ1) is 13.2. The molecule has 0 radical (unpaired) electrons. The van der Waals surface area contributed by atoms with Gasteiger partial charge in [-0.2, -0.15) is 0 Å². The summed E-state index contributed by atoms with van der Waals surface area (Å²) in [6.45, 7) is 2.85. The van der Waals surface area contributed by atoms with Crippen LogP contribution in [0.25, 0.3) is 5.65 Å². The third-order valence-electron chi connectivity index (χ3n) is 2.60. The predicted molar refractivity (Wildman–Crippen MR) is 80.5 cm³/mol. The van der Waals surface area contributed by atoms with Crippen LogP contribution in [0.4, 0.5) is 5.82 Å². The zero-order valence-electron chi connectivity index (χ0n) is 10.7. The van der Waals surface area contributed by atoms with Crippen molar-refractivity contribution < 1.29 is 0 Å². The molecule has 0 aromatic carbocycles. The lowest BCUT2D eigenvalue weighted by molar-refractivity contribution is 1.01. The van der Waals surface area contributed by atoms with E-state index >= 15 is 0 Å². The van der Waals surface area contributed by atoms with Crippen molar-refractivity contribution >= 4 is 34.8 Å². The fourth-order valence-corrected chi connectivity index (χ4v) is 2.70. The molecule has 5 nitrogen and oxygen atoms in total. The second-order valence-electron chi connectivity index (χ2n) is 4.04. The first-order valence-corrected chi connectivity index (χ1v) is 7.32. The summed E-state index contributed by atoms with van der Waals surface area (Å²) in [6, 6.07) is 3.68. The molecule has 0 amide bonds. The van der Waals surface area contributed by atoms with Gasteiger partial charge in [-0.05, 0) is 30.8 Å². The summed E-state index contributed by atoms with van der Waals surface area (Å²) in [5.41, 5.74) is 0.813. The normalized spacial score (nSPS) is 10.9. The molecule has 3 aromatic heterocycles. The molecule has 0 fully saturated rings. The molecule has 3 rings (SSSR count). The minimum Gasteiger partial charge on any atom is -0.369 e. The van der Waals surface area contributed by atoms with Gasteiger partial charge in [0.05, 0.1) is 11.2 Å². The summed E-state index contributed by atoms with van der Waals surface area (Å²) in [6.07, 6.45) is 7.20. The van der Waals surface area contributed by atoms with Crippen LogP contribution >= 0.6 is 23.4 Å². The molecule has 0 atom stereocenters. The van der Waals surface area contributed by atoms with Gasteiger partial charge >= 0.3 is 0 Å². The number of nitrogens with one attached hydrogen (secondary N) is 1. The van der Waals surface area contributed by atoms with Crippen LogP contribution < -0.4 is 5.32 Å². The molecular weight excluding hydrogens is 294 g/mol. The minimum atomic E-state index is 0.620. The molecule has 7 heteroatoms. The highest BCUT2D eigenvalue weighted by Crippen LogP contribution is 2.29. The number of fused-ring (bicyclic) bond motifs is 1. The van der Waals surface area contributed by atoms with E-state index in [0.717, 1.165) is 28.1 Å². The molecule has 3 aromatic rings. The SMILES string of the molecule is CCNc1cn2ccnc2c(Sc2ccc(Cl)cn2)n1. The number of rotatable bonds is 4. The Kier molecular flexibility index (Phi) is 3.75. The molecule has 0 aliphatic carbocycles. The molecule has 0 saturated heterocycles. The average Bonchev–Trinajstić information content (AvgIpc) is 2.90. The maximum Gasteiger partial charge on any atom is 0.170 e. The van der Waals surface area contributed by atoms with Gasteiger partial charge in [-0.3, -0.25) is 0 Å². The van der Waals surface area contributed by atoms with Crippen molar-refractivity contribution in [3.63, 3.8) is 0 Å². The van der Waals surface area contributed by atoms with E-state index in [1.807, 2.05) is 35.9 Å². The first-order valence-electron chi connectivity index (χ1n) is 6.13. The summed E-state index contributed by atoms with van der Waals surface area (Å²) in [4.78, 5) is 13.2. The molecule has 3 heterocycles. The number of imidazole rings is 1. The van der Waals surface area contributed by atoms with Crippen molar-refractivity contribution in [2.75, 3.05) is 11.9 Å². The Bertz CT molecular complexity index is 725. The molecule has 20 heavy (non-hydrogen) atoms. The zero-order chi connectivity index (χ0) is 13.9. The maximum absolute atomic E-state index is 5.84. The Morgan fingerprint density at radius 1 is 1.35 bits per heavy atom. The van der Waals surface area contributed by atoms with Crippen molar-refractivity contribution in [1.29, 1.82) is 0 Å². The largest absolute Gasteiger partial charge is 0.369 e. The third kappa shape index (κ3) is 2.71. The van der Waals surface area contributed by atoms with E-state index in [0.29, 0.717) is 5.02 Å². The van der Waals surface area contributed by atoms with Gasteiger partial charge in [0.2, 0.25) is 0 Å². The average molecular weight is 306 g/mol. The summed E-state index contributed by atoms with van der Waals surface area (Å²) in [5, 5.41) is 5.47. The van der Waals surface area contributed by atoms with Crippen molar-refractivity contribution in [2.24, 2.45) is 0 Å². The zero-order valence-corrected chi connectivity index (χ0v) is 12.3. The van der Waals surface area contributed by atoms with Gasteiger partial charge in [0.25, 0.3) is 0 Å². The van der Waals surface area contributed by atoms with Gasteiger partial charge in [0.1, 0.15) is 15.9 Å². The minimum absolute atomic E-state index is 0.620. The fraction of sp³-hybridized carbons (Fsp3) is 0.154. The number of aromatic nitrogens is 4. The lowest BCUT2D eigenvalue weighted by Crippen LogP contribution is -2.02. The Hall–Kier alpha value is -1.79. The number of hydrogen-bond acceptors (Lipinski definition) is 5. The van der Waals surface area contributed by atoms with E-state index in [9.17, 15) is 0 Å². The Morgan fingerprint density at radius 2 is 2.25 bits per heavy atom. The predicted octanol–water partition coefficient (Wildman–Crippen LogP) is 3.36. The maximum atomic E-state index is 5.84. The van der Waals surface area contributed by atoms with Gasteiger partial charge in [0.15, 0.2) is 5.65 Å². The Labute approximate surface area is 125 Å². The molecule has 0 spiro atoms. The van der Waals surface area contributed by atoms with Crippen LogP contribution in [0.5, 0.6) is 0 Å². The molecule has 0 bridgehead atoms. The summed E-state index contributed by atoms with van der Waals surface area (Å²) in [7, 11) is 0. The highest BCUT2D eigenvalue weighted by atomic mass is 35.5. The van der Waals surface area contributed by atoms with Gasteiger partial charge in [-0.1, -0.05) is 11.6 Å². The summed E-state index contributed by atoms with van der Waals surface area (Å²) < 4.78 is 1.95. The van der Waals surface area contributed by atoms with Crippen molar-refractivity contribution in [3.8, 4) is 0 Å². The number of hydrogen-bond donors (Lipinski definition) is 1. The summed E-state index contributed by atoms with van der Waals surface area (Å²) >= 11 is 7.31. The van der Waals surface area contributed by atoms with E-state index in [4.69, 9.17) is 11.6 Å². The van der Waals surface area contributed by atoms with Crippen molar-refractivity contribution in [1.82, 2.24) is 19.4 Å². The van der Waals surface area contributed by atoms with Crippen LogP contribution in [-0.2, 0) is 0 Å². The number of nitrogens with zero attached hydrogens (tertiary/aromatic N) is 4. The molecule has 102 valence electrons. The Morgan fingerprint density at radius 3 is 3.00 bits per heavy atom. The smallest absolute Gasteiger partial charge is 0.170 e. The van der Waals surface area contributed by atoms with E-state index in [1.165, 1.54) is 11.8 Å². The van der Waals surface area contributed by atoms with E-state index in [-0.39, 0.29) is 0 Å². The molecule has 0 unspecified atom stereocenters. The lowest BCUT2D eigenvalue weighted by Gasteiger charge is -2.07. The number of anilines is 1. The van der Waals surface area contributed by atoms with E-state index in [1.54, 1.807) is 12.4 Å². The van der Waals surface area contributed by atoms with Crippen LogP contribution in [0, 0.1) is 0 Å². The van der Waals surface area contributed by atoms with Crippen LogP contribution in [0.1, 0.15) is 6.92 Å². The van der Waals surface area contributed by atoms with Crippen molar-refractivity contribution in [2.45, 2.75) is 17.0 Å². The lowest BCUT2D eigenvalue weighted by atomic mass is 10.5. The monoisotopic (exact) mass is 305 g/mol. The van der Waals surface area contributed by atoms with Crippen LogP contribution in [-0.4, -0.2) is 25.9 Å². The van der Waals surface area contributed by atoms with Crippen LogP contribution in [0.15, 0.2) is 47.0 Å². The first-order chi connectivity index (χ1) is 9.76. The molecule has 1 N–H and O–H groups in total. The quantitative estimate of drug-likeness (QED) is 0.801. The Balaban J connectivity index is 2.00. The topological polar surface area (TPSA) is 55.1 Å². The second-order valence-corrected chi connectivity index (χ2v) is 5.48. The molecule has 0 saturated carbocycles. The van der Waals surface area contributed by atoms with E-state index < -0.39 is 0 Å². The van der Waals surface area contributed by atoms with Gasteiger partial charge in [-0.15, -0.1) is 0 Å². The highest BCUT2D eigenvalue weighted by molar-refractivity contribution is 7.99. The number of pyridine rings is 1. The standard InChI is InChI=1S/C13H12ClN5S/c1-2-15-10-8-19-6-5-16-12(19)13(18-10)20-11-4-3-9(14)7-17-11/h3-8,15H,2H2,1H3. The molecular formula is C13H12ClN5S. The van der Waals surface area contributed by atoms with Crippen molar-refractivity contribution in [3.05, 3.63) is 41.9 Å².